The smallest absolute Gasteiger partial charge is 0.0748 e. The molecule has 0 aliphatic heterocycles. The van der Waals surface area contributed by atoms with Crippen molar-refractivity contribution in [3.05, 3.63) is 30.3 Å². The van der Waals surface area contributed by atoms with Crippen LogP contribution in [-0.2, 0) is 4.84 Å². The molecule has 90 valence electrons. The first-order chi connectivity index (χ1) is 7.88. The fraction of sp³-hybridized carbons (Fsp3) is 0.571. The second-order valence-electron chi connectivity index (χ2n) is 3.98. The summed E-state index contributed by atoms with van der Waals surface area (Å²) in [5, 5.41) is 2.03. The number of hydroxylamine groups is 1. The molecule has 0 aliphatic carbocycles. The highest BCUT2D eigenvalue weighted by molar-refractivity contribution is 5.43. The summed E-state index contributed by atoms with van der Waals surface area (Å²) in [6.45, 7) is 6.18. The molecule has 0 aliphatic rings. The van der Waals surface area contributed by atoms with Crippen LogP contribution in [0.3, 0.4) is 0 Å². The minimum absolute atomic E-state index is 0.815. The number of unbranched alkanes of at least 4 members (excludes halogenated alkanes) is 2. The molecular weight excluding hydrogens is 198 g/mol. The third-order valence-electron chi connectivity index (χ3n) is 2.50. The van der Waals surface area contributed by atoms with E-state index in [0.29, 0.717) is 0 Å². The number of benzene rings is 1. The van der Waals surface area contributed by atoms with Crippen LogP contribution in [0.2, 0.25) is 0 Å². The summed E-state index contributed by atoms with van der Waals surface area (Å²) in [4.78, 5) is 5.80. The Bertz CT molecular complexity index is 261. The van der Waals surface area contributed by atoms with E-state index in [9.17, 15) is 0 Å². The van der Waals surface area contributed by atoms with Crippen LogP contribution in [0, 0.1) is 0 Å². The Morgan fingerprint density at radius 1 is 1.00 bits per heavy atom. The normalized spacial score (nSPS) is 10.4. The maximum absolute atomic E-state index is 5.80. The second-order valence-corrected chi connectivity index (χ2v) is 3.98. The van der Waals surface area contributed by atoms with Crippen LogP contribution in [0.1, 0.15) is 39.5 Å². The molecule has 2 nitrogen and oxygen atoms in total. The lowest BCUT2D eigenvalue weighted by Gasteiger charge is -2.23. The van der Waals surface area contributed by atoms with Gasteiger partial charge in [0.1, 0.15) is 0 Å². The van der Waals surface area contributed by atoms with Gasteiger partial charge in [0, 0.05) is 6.54 Å². The van der Waals surface area contributed by atoms with Crippen molar-refractivity contribution in [1.29, 1.82) is 0 Å². The zero-order valence-electron chi connectivity index (χ0n) is 10.5. The number of rotatable bonds is 8. The van der Waals surface area contributed by atoms with Gasteiger partial charge < -0.3 is 0 Å². The van der Waals surface area contributed by atoms with Crippen molar-refractivity contribution in [2.24, 2.45) is 0 Å². The van der Waals surface area contributed by atoms with Gasteiger partial charge in [-0.25, -0.2) is 0 Å². The predicted octanol–water partition coefficient (Wildman–Crippen LogP) is 4.02. The van der Waals surface area contributed by atoms with E-state index in [1.807, 2.05) is 11.1 Å². The fourth-order valence-electron chi connectivity index (χ4n) is 1.48. The Balaban J connectivity index is 2.49. The van der Waals surface area contributed by atoms with E-state index >= 15 is 0 Å². The quantitative estimate of drug-likeness (QED) is 0.485. The second kappa shape index (κ2) is 8.17. The third kappa shape index (κ3) is 4.67. The van der Waals surface area contributed by atoms with Crippen molar-refractivity contribution in [1.82, 2.24) is 0 Å². The van der Waals surface area contributed by atoms with Crippen LogP contribution in [-0.4, -0.2) is 13.2 Å². The van der Waals surface area contributed by atoms with E-state index in [1.54, 1.807) is 0 Å². The Hall–Kier alpha value is -1.02. The lowest BCUT2D eigenvalue weighted by Crippen LogP contribution is -2.25. The molecule has 0 aromatic heterocycles. The van der Waals surface area contributed by atoms with Gasteiger partial charge in [-0.2, -0.15) is 0 Å². The van der Waals surface area contributed by atoms with Crippen LogP contribution < -0.4 is 5.06 Å². The summed E-state index contributed by atoms with van der Waals surface area (Å²) >= 11 is 0. The summed E-state index contributed by atoms with van der Waals surface area (Å²) < 4.78 is 0. The van der Waals surface area contributed by atoms with Gasteiger partial charge in [0.05, 0.1) is 12.3 Å². The number of anilines is 1. The van der Waals surface area contributed by atoms with Gasteiger partial charge in [-0.1, -0.05) is 44.9 Å². The van der Waals surface area contributed by atoms with Gasteiger partial charge in [-0.3, -0.25) is 9.90 Å². The summed E-state index contributed by atoms with van der Waals surface area (Å²) in [6, 6.07) is 10.3. The van der Waals surface area contributed by atoms with Crippen molar-refractivity contribution in [2.45, 2.75) is 39.5 Å². The molecule has 0 radical (unpaired) electrons. The molecule has 16 heavy (non-hydrogen) atoms. The largest absolute Gasteiger partial charge is 0.273 e. The molecule has 0 saturated heterocycles. The maximum Gasteiger partial charge on any atom is 0.0748 e. The number of hydrogen-bond donors (Lipinski definition) is 0. The average molecular weight is 221 g/mol. The van der Waals surface area contributed by atoms with Crippen molar-refractivity contribution >= 4 is 5.69 Å². The minimum atomic E-state index is 0.815. The van der Waals surface area contributed by atoms with Crippen LogP contribution in [0.25, 0.3) is 0 Å². The molecule has 1 aromatic carbocycles. The van der Waals surface area contributed by atoms with Gasteiger partial charge in [0.2, 0.25) is 0 Å². The van der Waals surface area contributed by atoms with Crippen LogP contribution in [0.5, 0.6) is 0 Å². The van der Waals surface area contributed by atoms with Crippen LogP contribution in [0.4, 0.5) is 5.69 Å². The fourth-order valence-corrected chi connectivity index (χ4v) is 1.48. The molecule has 0 saturated carbocycles. The first-order valence-electron chi connectivity index (χ1n) is 6.34. The maximum atomic E-state index is 5.80. The molecule has 0 atom stereocenters. The lowest BCUT2D eigenvalue weighted by molar-refractivity contribution is 0.104. The Labute approximate surface area is 99.2 Å². The monoisotopic (exact) mass is 221 g/mol. The molecule has 0 spiro atoms. The van der Waals surface area contributed by atoms with Crippen molar-refractivity contribution in [2.75, 3.05) is 18.2 Å². The summed E-state index contributed by atoms with van der Waals surface area (Å²) in [5.41, 5.74) is 1.16. The highest BCUT2D eigenvalue weighted by Gasteiger charge is 2.05. The molecule has 0 unspecified atom stereocenters. The van der Waals surface area contributed by atoms with E-state index in [2.05, 4.69) is 38.1 Å². The van der Waals surface area contributed by atoms with E-state index in [4.69, 9.17) is 4.84 Å². The first-order valence-corrected chi connectivity index (χ1v) is 6.34. The summed E-state index contributed by atoms with van der Waals surface area (Å²) in [7, 11) is 0. The summed E-state index contributed by atoms with van der Waals surface area (Å²) in [5.74, 6) is 0. The molecule has 1 aromatic rings. The molecule has 0 amide bonds. The van der Waals surface area contributed by atoms with Gasteiger partial charge >= 0.3 is 0 Å². The minimum Gasteiger partial charge on any atom is -0.273 e. The number of para-hydroxylation sites is 1. The van der Waals surface area contributed by atoms with Crippen molar-refractivity contribution in [3.63, 3.8) is 0 Å². The average Bonchev–Trinajstić information content (AvgIpc) is 2.35. The molecule has 2 heteroatoms. The predicted molar refractivity (Wildman–Crippen MR) is 69.6 cm³/mol. The standard InChI is InChI=1S/C14H23NO/c1-3-5-12-15(16-13-6-4-2)14-10-8-7-9-11-14/h7-11H,3-6,12-13H2,1-2H3. The van der Waals surface area contributed by atoms with Crippen LogP contribution >= 0.6 is 0 Å². The Morgan fingerprint density at radius 2 is 1.69 bits per heavy atom. The molecule has 0 fully saturated rings. The first kappa shape index (κ1) is 13.0. The van der Waals surface area contributed by atoms with Gasteiger partial charge in [0.15, 0.2) is 0 Å². The van der Waals surface area contributed by atoms with E-state index in [1.165, 1.54) is 19.3 Å². The highest BCUT2D eigenvalue weighted by Crippen LogP contribution is 2.14. The highest BCUT2D eigenvalue weighted by atomic mass is 16.7. The molecule has 0 N–H and O–H groups in total. The SMILES string of the molecule is CCCCON(CCCC)c1ccccc1. The number of nitrogens with zero attached hydrogens (tertiary/aromatic N) is 1. The van der Waals surface area contributed by atoms with E-state index < -0.39 is 0 Å². The zero-order chi connectivity index (χ0) is 11.6. The van der Waals surface area contributed by atoms with E-state index in [0.717, 1.165) is 25.3 Å². The Kier molecular flexibility index (Phi) is 6.66. The van der Waals surface area contributed by atoms with Gasteiger partial charge in [-0.15, -0.1) is 0 Å². The number of hydrogen-bond acceptors (Lipinski definition) is 2. The van der Waals surface area contributed by atoms with Crippen LogP contribution in [0.15, 0.2) is 30.3 Å². The lowest BCUT2D eigenvalue weighted by atomic mass is 10.3. The van der Waals surface area contributed by atoms with Gasteiger partial charge in [-0.05, 0) is 25.0 Å². The molecule has 0 heterocycles. The topological polar surface area (TPSA) is 12.5 Å². The van der Waals surface area contributed by atoms with Crippen molar-refractivity contribution < 1.29 is 4.84 Å². The Morgan fingerprint density at radius 3 is 2.31 bits per heavy atom. The molecule has 0 bridgehead atoms. The molecular formula is C14H23NO. The molecule has 1 rings (SSSR count). The summed E-state index contributed by atoms with van der Waals surface area (Å²) in [6.07, 6.45) is 4.66. The van der Waals surface area contributed by atoms with E-state index in [-0.39, 0.29) is 0 Å². The van der Waals surface area contributed by atoms with Gasteiger partial charge in [0.25, 0.3) is 0 Å². The zero-order valence-corrected chi connectivity index (χ0v) is 10.5. The van der Waals surface area contributed by atoms with Crippen molar-refractivity contribution in [3.8, 4) is 0 Å². The third-order valence-corrected chi connectivity index (χ3v) is 2.50.